The zero-order chi connectivity index (χ0) is 17.1. The second kappa shape index (κ2) is 6.58. The lowest BCUT2D eigenvalue weighted by Crippen LogP contribution is -2.06. The van der Waals surface area contributed by atoms with Gasteiger partial charge in [-0.2, -0.15) is 5.10 Å². The third-order valence-corrected chi connectivity index (χ3v) is 3.68. The van der Waals surface area contributed by atoms with E-state index in [9.17, 15) is 4.79 Å². The normalized spacial score (nSPS) is 10.6. The number of aromatic nitrogens is 2. The van der Waals surface area contributed by atoms with Crippen LogP contribution in [-0.2, 0) is 4.74 Å². The summed E-state index contributed by atoms with van der Waals surface area (Å²) in [7, 11) is 0. The van der Waals surface area contributed by atoms with E-state index in [1.54, 1.807) is 29.8 Å². The number of aryl methyl sites for hydroxylation is 1. The van der Waals surface area contributed by atoms with Crippen molar-refractivity contribution in [1.82, 2.24) is 9.78 Å². The summed E-state index contributed by atoms with van der Waals surface area (Å²) < 4.78 is 6.80. The highest BCUT2D eigenvalue weighted by atomic mass is 16.5. The molecule has 0 saturated carbocycles. The molecule has 0 spiro atoms. The molecule has 2 aromatic carbocycles. The SMILES string of the molecule is CCOC(=O)c1cc(-c2ccc(C)cc2)n(-c2ccc(N)cc2)n1. The molecule has 0 aliphatic rings. The lowest BCUT2D eigenvalue weighted by Gasteiger charge is -2.08. The van der Waals surface area contributed by atoms with E-state index in [1.165, 1.54) is 5.56 Å². The van der Waals surface area contributed by atoms with E-state index in [0.717, 1.165) is 16.9 Å². The Kier molecular flexibility index (Phi) is 4.33. The van der Waals surface area contributed by atoms with Gasteiger partial charge in [-0.1, -0.05) is 29.8 Å². The first-order chi connectivity index (χ1) is 11.6. The zero-order valence-corrected chi connectivity index (χ0v) is 13.7. The standard InChI is InChI=1S/C19H19N3O2/c1-3-24-19(23)17-12-18(14-6-4-13(2)5-7-14)22(21-17)16-10-8-15(20)9-11-16/h4-12H,3,20H2,1-2H3. The first-order valence-electron chi connectivity index (χ1n) is 7.78. The van der Waals surface area contributed by atoms with Crippen LogP contribution in [0.2, 0.25) is 0 Å². The maximum atomic E-state index is 12.1. The Morgan fingerprint density at radius 3 is 2.42 bits per heavy atom. The summed E-state index contributed by atoms with van der Waals surface area (Å²) in [5, 5.41) is 4.43. The number of rotatable bonds is 4. The number of carbonyl (C=O) groups is 1. The number of carbonyl (C=O) groups excluding carboxylic acids is 1. The van der Waals surface area contributed by atoms with Gasteiger partial charge in [-0.3, -0.25) is 0 Å². The van der Waals surface area contributed by atoms with Crippen molar-refractivity contribution in [2.75, 3.05) is 12.3 Å². The molecule has 0 aliphatic carbocycles. The quantitative estimate of drug-likeness (QED) is 0.589. The second-order valence-corrected chi connectivity index (χ2v) is 5.50. The van der Waals surface area contributed by atoms with Crippen molar-refractivity contribution < 1.29 is 9.53 Å². The molecule has 24 heavy (non-hydrogen) atoms. The molecule has 0 saturated heterocycles. The Labute approximate surface area is 140 Å². The van der Waals surface area contributed by atoms with Gasteiger partial charge in [0.1, 0.15) is 0 Å². The summed E-state index contributed by atoms with van der Waals surface area (Å²) in [5.41, 5.74) is 10.5. The smallest absolute Gasteiger partial charge is 0.358 e. The van der Waals surface area contributed by atoms with Gasteiger partial charge in [0.2, 0.25) is 0 Å². The number of benzene rings is 2. The molecule has 5 nitrogen and oxygen atoms in total. The number of hydrogen-bond donors (Lipinski definition) is 1. The number of nitrogen functional groups attached to an aromatic ring is 1. The molecule has 0 aliphatic heterocycles. The summed E-state index contributed by atoms with van der Waals surface area (Å²) in [5.74, 6) is -0.431. The summed E-state index contributed by atoms with van der Waals surface area (Å²) in [6.45, 7) is 4.12. The molecule has 2 N–H and O–H groups in total. The average molecular weight is 321 g/mol. The molecule has 0 amide bonds. The highest BCUT2D eigenvalue weighted by molar-refractivity contribution is 5.89. The van der Waals surface area contributed by atoms with Crippen molar-refractivity contribution in [3.63, 3.8) is 0 Å². The van der Waals surface area contributed by atoms with Gasteiger partial charge in [0, 0.05) is 11.3 Å². The van der Waals surface area contributed by atoms with Crippen LogP contribution >= 0.6 is 0 Å². The van der Waals surface area contributed by atoms with Crippen molar-refractivity contribution in [1.29, 1.82) is 0 Å². The van der Waals surface area contributed by atoms with E-state index in [2.05, 4.69) is 5.10 Å². The van der Waals surface area contributed by atoms with Crippen LogP contribution in [0.5, 0.6) is 0 Å². The number of nitrogens with zero attached hydrogens (tertiary/aromatic N) is 2. The average Bonchev–Trinajstić information content (AvgIpc) is 3.02. The van der Waals surface area contributed by atoms with E-state index >= 15 is 0 Å². The van der Waals surface area contributed by atoms with Crippen molar-refractivity contribution >= 4 is 11.7 Å². The third kappa shape index (κ3) is 3.15. The van der Waals surface area contributed by atoms with Crippen LogP contribution in [0.4, 0.5) is 5.69 Å². The van der Waals surface area contributed by atoms with Crippen LogP contribution in [0.1, 0.15) is 23.0 Å². The van der Waals surface area contributed by atoms with Gasteiger partial charge in [0.15, 0.2) is 5.69 Å². The fourth-order valence-electron chi connectivity index (χ4n) is 2.43. The molecule has 3 rings (SSSR count). The number of nitrogens with two attached hydrogens (primary N) is 1. The largest absolute Gasteiger partial charge is 0.461 e. The van der Waals surface area contributed by atoms with Crippen molar-refractivity contribution in [2.24, 2.45) is 0 Å². The summed E-state index contributed by atoms with van der Waals surface area (Å²) >= 11 is 0. The topological polar surface area (TPSA) is 70.1 Å². The van der Waals surface area contributed by atoms with Crippen LogP contribution < -0.4 is 5.73 Å². The molecule has 0 fully saturated rings. The van der Waals surface area contributed by atoms with E-state index in [4.69, 9.17) is 10.5 Å². The molecule has 1 heterocycles. The van der Waals surface area contributed by atoms with Gasteiger partial charge >= 0.3 is 5.97 Å². The van der Waals surface area contributed by atoms with Crippen LogP contribution in [0, 0.1) is 6.92 Å². The molecule has 1 aromatic heterocycles. The fourth-order valence-corrected chi connectivity index (χ4v) is 2.43. The van der Waals surface area contributed by atoms with Crippen molar-refractivity contribution in [3.05, 3.63) is 65.9 Å². The maximum Gasteiger partial charge on any atom is 0.358 e. The maximum absolute atomic E-state index is 12.1. The molecule has 0 radical (unpaired) electrons. The monoisotopic (exact) mass is 321 g/mol. The minimum absolute atomic E-state index is 0.282. The first-order valence-corrected chi connectivity index (χ1v) is 7.78. The predicted octanol–water partition coefficient (Wildman–Crippen LogP) is 3.61. The van der Waals surface area contributed by atoms with E-state index < -0.39 is 5.97 Å². The predicted molar refractivity (Wildman–Crippen MR) is 94.1 cm³/mol. The van der Waals surface area contributed by atoms with Crippen LogP contribution in [-0.4, -0.2) is 22.4 Å². The van der Waals surface area contributed by atoms with Crippen molar-refractivity contribution in [2.45, 2.75) is 13.8 Å². The number of ether oxygens (including phenoxy) is 1. The highest BCUT2D eigenvalue weighted by Gasteiger charge is 2.17. The number of hydrogen-bond acceptors (Lipinski definition) is 4. The van der Waals surface area contributed by atoms with Gasteiger partial charge in [0.05, 0.1) is 18.0 Å². The summed E-state index contributed by atoms with van der Waals surface area (Å²) in [6.07, 6.45) is 0. The molecule has 0 bridgehead atoms. The lowest BCUT2D eigenvalue weighted by molar-refractivity contribution is 0.0519. The minimum atomic E-state index is -0.431. The zero-order valence-electron chi connectivity index (χ0n) is 13.7. The molecule has 3 aromatic rings. The molecular weight excluding hydrogens is 302 g/mol. The summed E-state index contributed by atoms with van der Waals surface area (Å²) in [4.78, 5) is 12.1. The van der Waals surface area contributed by atoms with Gasteiger partial charge in [0.25, 0.3) is 0 Å². The second-order valence-electron chi connectivity index (χ2n) is 5.50. The van der Waals surface area contributed by atoms with Gasteiger partial charge in [-0.05, 0) is 44.2 Å². The Hall–Kier alpha value is -3.08. The first kappa shape index (κ1) is 15.8. The van der Waals surface area contributed by atoms with Crippen LogP contribution in [0.25, 0.3) is 16.9 Å². The highest BCUT2D eigenvalue weighted by Crippen LogP contribution is 2.25. The van der Waals surface area contributed by atoms with Crippen molar-refractivity contribution in [3.8, 4) is 16.9 Å². The van der Waals surface area contributed by atoms with E-state index in [0.29, 0.717) is 12.3 Å². The Bertz CT molecular complexity index is 786. The molecule has 5 heteroatoms. The fraction of sp³-hybridized carbons (Fsp3) is 0.158. The number of anilines is 1. The van der Waals surface area contributed by atoms with Gasteiger partial charge < -0.3 is 10.5 Å². The van der Waals surface area contributed by atoms with Crippen LogP contribution in [0.15, 0.2) is 54.6 Å². The molecule has 0 atom stereocenters. The molecule has 0 unspecified atom stereocenters. The number of esters is 1. The van der Waals surface area contributed by atoms with Gasteiger partial charge in [-0.25, -0.2) is 9.48 Å². The van der Waals surface area contributed by atoms with Gasteiger partial charge in [-0.15, -0.1) is 0 Å². The Morgan fingerprint density at radius 1 is 1.12 bits per heavy atom. The summed E-state index contributed by atoms with van der Waals surface area (Å²) in [6, 6.07) is 17.2. The Balaban J connectivity index is 2.12. The lowest BCUT2D eigenvalue weighted by atomic mass is 10.1. The molecule has 122 valence electrons. The Morgan fingerprint density at radius 2 is 1.79 bits per heavy atom. The van der Waals surface area contributed by atoms with E-state index in [1.807, 2.05) is 43.3 Å². The minimum Gasteiger partial charge on any atom is -0.461 e. The van der Waals surface area contributed by atoms with Crippen LogP contribution in [0.3, 0.4) is 0 Å². The molecular formula is C19H19N3O2. The third-order valence-electron chi connectivity index (χ3n) is 3.68. The van der Waals surface area contributed by atoms with E-state index in [-0.39, 0.29) is 5.69 Å².